The predicted molar refractivity (Wildman–Crippen MR) is 35.2 cm³/mol. The molecule has 0 bridgehead atoms. The van der Waals surface area contributed by atoms with Crippen LogP contribution in [0.5, 0.6) is 0 Å². The zero-order chi connectivity index (χ0) is 7.56. The van der Waals surface area contributed by atoms with E-state index in [-0.39, 0.29) is 0 Å². The van der Waals surface area contributed by atoms with Gasteiger partial charge in [0.2, 0.25) is 0 Å². The second-order valence-electron chi connectivity index (χ2n) is 2.54. The molecule has 0 aromatic carbocycles. The van der Waals surface area contributed by atoms with E-state index in [1.54, 1.807) is 6.08 Å². The van der Waals surface area contributed by atoms with Gasteiger partial charge in [0.25, 0.3) is 0 Å². The standard InChI is InChI=1S/C7H11NO2/c1-8-4-2-3-6(5-8)7(9)10/h3H,2,4-5H2,1H3,(H,9,10)/p-1. The number of carboxylic acid groups (broad SMARTS) is 1. The topological polar surface area (TPSA) is 43.4 Å². The lowest BCUT2D eigenvalue weighted by Gasteiger charge is -2.23. The number of likely N-dealkylation sites (N-methyl/N-ethyl adjacent to an activating group) is 1. The average Bonchev–Trinajstić information content (AvgIpc) is 1.88. The van der Waals surface area contributed by atoms with Crippen LogP contribution in [0.2, 0.25) is 0 Å². The molecule has 1 heterocycles. The van der Waals surface area contributed by atoms with Gasteiger partial charge >= 0.3 is 0 Å². The molecule has 1 rings (SSSR count). The highest BCUT2D eigenvalue weighted by Gasteiger charge is 2.07. The maximum Gasteiger partial charge on any atom is 0.0684 e. The number of hydrogen-bond donors (Lipinski definition) is 0. The van der Waals surface area contributed by atoms with Crippen molar-refractivity contribution in [3.8, 4) is 0 Å². The van der Waals surface area contributed by atoms with E-state index >= 15 is 0 Å². The molecule has 0 aliphatic carbocycles. The molecular weight excluding hydrogens is 130 g/mol. The van der Waals surface area contributed by atoms with E-state index in [4.69, 9.17) is 0 Å². The quantitative estimate of drug-likeness (QED) is 0.469. The molecule has 0 unspecified atom stereocenters. The number of hydrogen-bond acceptors (Lipinski definition) is 3. The molecular formula is C7H10NO2-. The van der Waals surface area contributed by atoms with Gasteiger partial charge < -0.3 is 14.8 Å². The van der Waals surface area contributed by atoms with Crippen molar-refractivity contribution in [2.24, 2.45) is 0 Å². The Kier molecular flexibility index (Phi) is 2.06. The fraction of sp³-hybridized carbons (Fsp3) is 0.571. The Hall–Kier alpha value is -0.830. The lowest BCUT2D eigenvalue weighted by molar-refractivity contribution is -0.299. The third kappa shape index (κ3) is 1.57. The Bertz CT molecular complexity index is 174. The lowest BCUT2D eigenvalue weighted by atomic mass is 10.1. The number of aliphatic carboxylic acids is 1. The molecule has 0 radical (unpaired) electrons. The Morgan fingerprint density at radius 3 is 2.90 bits per heavy atom. The fourth-order valence-corrected chi connectivity index (χ4v) is 1.04. The van der Waals surface area contributed by atoms with Crippen LogP contribution in [0.15, 0.2) is 11.6 Å². The largest absolute Gasteiger partial charge is 0.545 e. The summed E-state index contributed by atoms with van der Waals surface area (Å²) in [5, 5.41) is 10.3. The Morgan fingerprint density at radius 1 is 1.80 bits per heavy atom. The van der Waals surface area contributed by atoms with Crippen molar-refractivity contribution < 1.29 is 9.90 Å². The molecule has 3 nitrogen and oxygen atoms in total. The smallest absolute Gasteiger partial charge is 0.0684 e. The summed E-state index contributed by atoms with van der Waals surface area (Å²) in [5.74, 6) is -1.04. The zero-order valence-electron chi connectivity index (χ0n) is 5.96. The molecule has 0 amide bonds. The van der Waals surface area contributed by atoms with E-state index < -0.39 is 5.97 Å². The summed E-state index contributed by atoms with van der Waals surface area (Å²) < 4.78 is 0. The predicted octanol–water partition coefficient (Wildman–Crippen LogP) is -1.00. The number of rotatable bonds is 1. The van der Waals surface area contributed by atoms with Gasteiger partial charge in [0.15, 0.2) is 0 Å². The van der Waals surface area contributed by atoms with Gasteiger partial charge in [-0.25, -0.2) is 0 Å². The summed E-state index contributed by atoms with van der Waals surface area (Å²) in [6.45, 7) is 1.46. The summed E-state index contributed by atoms with van der Waals surface area (Å²) in [4.78, 5) is 12.3. The van der Waals surface area contributed by atoms with E-state index in [1.165, 1.54) is 0 Å². The molecule has 56 valence electrons. The van der Waals surface area contributed by atoms with Gasteiger partial charge in [0.05, 0.1) is 5.97 Å². The van der Waals surface area contributed by atoms with Crippen molar-refractivity contribution >= 4 is 5.97 Å². The van der Waals surface area contributed by atoms with E-state index in [1.807, 2.05) is 11.9 Å². The fourth-order valence-electron chi connectivity index (χ4n) is 1.04. The zero-order valence-corrected chi connectivity index (χ0v) is 5.96. The van der Waals surface area contributed by atoms with Crippen molar-refractivity contribution in [2.75, 3.05) is 20.1 Å². The summed E-state index contributed by atoms with van der Waals surface area (Å²) in [6.07, 6.45) is 2.55. The van der Waals surface area contributed by atoms with Crippen molar-refractivity contribution in [3.05, 3.63) is 11.6 Å². The third-order valence-electron chi connectivity index (χ3n) is 1.60. The maximum absolute atomic E-state index is 10.3. The maximum atomic E-state index is 10.3. The molecule has 0 aromatic rings. The molecule has 10 heavy (non-hydrogen) atoms. The highest BCUT2D eigenvalue weighted by Crippen LogP contribution is 2.05. The second-order valence-corrected chi connectivity index (χ2v) is 2.54. The summed E-state index contributed by atoms with van der Waals surface area (Å²) in [7, 11) is 1.90. The third-order valence-corrected chi connectivity index (χ3v) is 1.60. The van der Waals surface area contributed by atoms with Gasteiger partial charge in [-0.3, -0.25) is 0 Å². The van der Waals surface area contributed by atoms with Crippen molar-refractivity contribution in [2.45, 2.75) is 6.42 Å². The van der Waals surface area contributed by atoms with Crippen LogP contribution in [0.1, 0.15) is 6.42 Å². The summed E-state index contributed by atoms with van der Waals surface area (Å²) >= 11 is 0. The highest BCUT2D eigenvalue weighted by atomic mass is 16.4. The number of carbonyl (C=O) groups is 1. The SMILES string of the molecule is CN1CCC=C(C(=O)[O-])C1. The molecule has 1 aliphatic heterocycles. The van der Waals surface area contributed by atoms with Gasteiger partial charge in [-0.05, 0) is 19.0 Å². The van der Waals surface area contributed by atoms with E-state index in [0.29, 0.717) is 12.1 Å². The van der Waals surface area contributed by atoms with Gasteiger partial charge in [0, 0.05) is 13.1 Å². The highest BCUT2D eigenvalue weighted by molar-refractivity contribution is 5.85. The van der Waals surface area contributed by atoms with Gasteiger partial charge in [0.1, 0.15) is 0 Å². The minimum atomic E-state index is -1.04. The molecule has 1 aliphatic rings. The summed E-state index contributed by atoms with van der Waals surface area (Å²) in [6, 6.07) is 0. The number of carboxylic acids is 1. The number of nitrogens with zero attached hydrogens (tertiary/aromatic N) is 1. The Labute approximate surface area is 59.9 Å². The molecule has 0 aromatic heterocycles. The van der Waals surface area contributed by atoms with Crippen LogP contribution in [0, 0.1) is 0 Å². The van der Waals surface area contributed by atoms with Crippen molar-refractivity contribution in [1.29, 1.82) is 0 Å². The molecule has 3 heteroatoms. The molecule has 0 atom stereocenters. The summed E-state index contributed by atoms with van der Waals surface area (Å²) in [5.41, 5.74) is 0.411. The van der Waals surface area contributed by atoms with E-state index in [2.05, 4.69) is 0 Å². The van der Waals surface area contributed by atoms with Crippen molar-refractivity contribution in [1.82, 2.24) is 4.90 Å². The monoisotopic (exact) mass is 140 g/mol. The normalized spacial score (nSPS) is 20.3. The Morgan fingerprint density at radius 2 is 2.50 bits per heavy atom. The molecule has 0 N–H and O–H groups in total. The minimum absolute atomic E-state index is 0.411. The van der Waals surface area contributed by atoms with Crippen molar-refractivity contribution in [3.63, 3.8) is 0 Å². The van der Waals surface area contributed by atoms with Crippen LogP contribution in [0.4, 0.5) is 0 Å². The minimum Gasteiger partial charge on any atom is -0.545 e. The van der Waals surface area contributed by atoms with E-state index in [9.17, 15) is 9.90 Å². The van der Waals surface area contributed by atoms with Gasteiger partial charge in [-0.1, -0.05) is 6.08 Å². The first-order valence-electron chi connectivity index (χ1n) is 3.29. The first kappa shape index (κ1) is 7.28. The average molecular weight is 140 g/mol. The lowest BCUT2D eigenvalue weighted by Crippen LogP contribution is -2.34. The molecule has 0 saturated heterocycles. The molecule has 0 saturated carbocycles. The van der Waals surface area contributed by atoms with E-state index in [0.717, 1.165) is 13.0 Å². The van der Waals surface area contributed by atoms with Crippen LogP contribution in [-0.2, 0) is 4.79 Å². The van der Waals surface area contributed by atoms with Gasteiger partial charge in [-0.2, -0.15) is 0 Å². The molecule has 0 fully saturated rings. The Balaban J connectivity index is 2.60. The van der Waals surface area contributed by atoms with Crippen LogP contribution >= 0.6 is 0 Å². The molecule has 0 spiro atoms. The second kappa shape index (κ2) is 2.84. The van der Waals surface area contributed by atoms with Crippen LogP contribution in [0.3, 0.4) is 0 Å². The van der Waals surface area contributed by atoms with Gasteiger partial charge in [-0.15, -0.1) is 0 Å². The van der Waals surface area contributed by atoms with Crippen LogP contribution < -0.4 is 5.11 Å². The number of carbonyl (C=O) groups excluding carboxylic acids is 1. The van der Waals surface area contributed by atoms with Crippen LogP contribution in [-0.4, -0.2) is 31.0 Å². The first-order valence-corrected chi connectivity index (χ1v) is 3.29. The first-order chi connectivity index (χ1) is 4.70. The van der Waals surface area contributed by atoms with Crippen LogP contribution in [0.25, 0.3) is 0 Å².